The molecule has 0 heterocycles. The van der Waals surface area contributed by atoms with E-state index in [0.29, 0.717) is 11.1 Å². The molecule has 1 aromatic carbocycles. The first-order chi connectivity index (χ1) is 6.19. The summed E-state index contributed by atoms with van der Waals surface area (Å²) in [5, 5.41) is 26.7. The van der Waals surface area contributed by atoms with Crippen molar-refractivity contribution in [1.29, 1.82) is 5.26 Å². The van der Waals surface area contributed by atoms with E-state index < -0.39 is 6.04 Å². The predicted molar refractivity (Wildman–Crippen MR) is 54.1 cm³/mol. The van der Waals surface area contributed by atoms with E-state index in [1.54, 1.807) is 0 Å². The van der Waals surface area contributed by atoms with Crippen LogP contribution >= 0.6 is 12.4 Å². The van der Waals surface area contributed by atoms with Crippen LogP contribution in [0.4, 0.5) is 0 Å². The summed E-state index contributed by atoms with van der Waals surface area (Å²) in [6.07, 6.45) is 0. The average molecular weight is 215 g/mol. The lowest BCUT2D eigenvalue weighted by Gasteiger charge is -2.10. The molecule has 0 aliphatic rings. The molecule has 0 amide bonds. The normalized spacial score (nSPS) is 11.2. The number of nitrogens with zero attached hydrogens (tertiary/aromatic N) is 1. The van der Waals surface area contributed by atoms with Gasteiger partial charge in [-0.1, -0.05) is 0 Å². The topological polar surface area (TPSA) is 90.3 Å². The van der Waals surface area contributed by atoms with Crippen molar-refractivity contribution >= 4 is 12.4 Å². The lowest BCUT2D eigenvalue weighted by molar-refractivity contribution is 0.265. The Kier molecular flexibility index (Phi) is 4.95. The zero-order chi connectivity index (χ0) is 9.84. The zero-order valence-electron chi connectivity index (χ0n) is 7.34. The molecule has 4 nitrogen and oxygen atoms in total. The average Bonchev–Trinajstić information content (AvgIpc) is 2.17. The van der Waals surface area contributed by atoms with Crippen LogP contribution in [-0.2, 0) is 0 Å². The van der Waals surface area contributed by atoms with Crippen molar-refractivity contribution in [3.05, 3.63) is 29.3 Å². The fourth-order valence-corrected chi connectivity index (χ4v) is 1.02. The Morgan fingerprint density at radius 3 is 2.64 bits per heavy atom. The maximum Gasteiger partial charge on any atom is 0.120 e. The van der Waals surface area contributed by atoms with Crippen molar-refractivity contribution in [1.82, 2.24) is 0 Å². The maximum absolute atomic E-state index is 9.33. The van der Waals surface area contributed by atoms with Crippen LogP contribution in [0.2, 0.25) is 0 Å². The first-order valence-electron chi connectivity index (χ1n) is 3.78. The molecule has 0 unspecified atom stereocenters. The lowest BCUT2D eigenvalue weighted by Crippen LogP contribution is -2.14. The molecule has 0 aliphatic carbocycles. The Morgan fingerprint density at radius 1 is 1.50 bits per heavy atom. The van der Waals surface area contributed by atoms with E-state index in [-0.39, 0.29) is 24.8 Å². The largest absolute Gasteiger partial charge is 0.508 e. The van der Waals surface area contributed by atoms with E-state index in [1.165, 1.54) is 18.2 Å². The molecular weight excluding hydrogens is 204 g/mol. The summed E-state index contributed by atoms with van der Waals surface area (Å²) in [6, 6.07) is 5.63. The van der Waals surface area contributed by atoms with Gasteiger partial charge in [0.1, 0.15) is 5.75 Å². The smallest absolute Gasteiger partial charge is 0.120 e. The van der Waals surface area contributed by atoms with Crippen LogP contribution in [0.15, 0.2) is 18.2 Å². The summed E-state index contributed by atoms with van der Waals surface area (Å²) in [5.41, 5.74) is 6.30. The third kappa shape index (κ3) is 2.60. The highest BCUT2D eigenvalue weighted by Gasteiger charge is 2.10. The number of phenolic OH excluding ortho intramolecular Hbond substituents is 1. The van der Waals surface area contributed by atoms with Crippen LogP contribution < -0.4 is 5.73 Å². The fraction of sp³-hybridized carbons (Fsp3) is 0.222. The van der Waals surface area contributed by atoms with Gasteiger partial charge in [0.15, 0.2) is 0 Å². The number of benzene rings is 1. The predicted octanol–water partition coefficient (Wildman–Crippen LogP) is 0.678. The molecule has 0 spiro atoms. The number of nitrogens with two attached hydrogens (primary N) is 1. The van der Waals surface area contributed by atoms with E-state index in [2.05, 4.69) is 0 Å². The van der Waals surface area contributed by atoms with Crippen LogP contribution in [0.1, 0.15) is 17.2 Å². The van der Waals surface area contributed by atoms with Gasteiger partial charge in [0.05, 0.1) is 24.3 Å². The Labute approximate surface area is 88.0 Å². The molecule has 0 radical (unpaired) electrons. The number of phenols is 1. The van der Waals surface area contributed by atoms with Gasteiger partial charge in [-0.3, -0.25) is 0 Å². The molecule has 5 heteroatoms. The van der Waals surface area contributed by atoms with Crippen molar-refractivity contribution in [3.63, 3.8) is 0 Å². The molecule has 0 saturated carbocycles. The first-order valence-corrected chi connectivity index (χ1v) is 3.78. The van der Waals surface area contributed by atoms with E-state index in [1.807, 2.05) is 6.07 Å². The third-order valence-electron chi connectivity index (χ3n) is 1.75. The second-order valence-electron chi connectivity index (χ2n) is 2.67. The molecule has 14 heavy (non-hydrogen) atoms. The van der Waals surface area contributed by atoms with Crippen LogP contribution in [0.3, 0.4) is 0 Å². The van der Waals surface area contributed by atoms with Gasteiger partial charge in [0, 0.05) is 5.56 Å². The molecule has 4 N–H and O–H groups in total. The molecular formula is C9H11ClN2O2. The van der Waals surface area contributed by atoms with Gasteiger partial charge in [0.2, 0.25) is 0 Å². The summed E-state index contributed by atoms with van der Waals surface area (Å²) < 4.78 is 0. The van der Waals surface area contributed by atoms with E-state index in [9.17, 15) is 5.11 Å². The van der Waals surface area contributed by atoms with Gasteiger partial charge in [0.25, 0.3) is 0 Å². The monoisotopic (exact) mass is 214 g/mol. The van der Waals surface area contributed by atoms with Gasteiger partial charge >= 0.3 is 0 Å². The Morgan fingerprint density at radius 2 is 2.14 bits per heavy atom. The second kappa shape index (κ2) is 5.45. The van der Waals surface area contributed by atoms with Crippen LogP contribution in [0.25, 0.3) is 0 Å². The highest BCUT2D eigenvalue weighted by atomic mass is 35.5. The minimum Gasteiger partial charge on any atom is -0.508 e. The number of aliphatic hydroxyl groups excluding tert-OH is 1. The van der Waals surface area contributed by atoms with Crippen molar-refractivity contribution in [2.45, 2.75) is 6.04 Å². The fourth-order valence-electron chi connectivity index (χ4n) is 1.02. The van der Waals surface area contributed by atoms with Crippen molar-refractivity contribution in [2.75, 3.05) is 6.61 Å². The van der Waals surface area contributed by atoms with Crippen LogP contribution in [-0.4, -0.2) is 16.8 Å². The Balaban J connectivity index is 0.00000169. The zero-order valence-corrected chi connectivity index (χ0v) is 8.16. The number of nitriles is 1. The Bertz CT molecular complexity index is 349. The minimum atomic E-state index is -0.645. The number of rotatable bonds is 2. The van der Waals surface area contributed by atoms with E-state index >= 15 is 0 Å². The number of halogens is 1. The van der Waals surface area contributed by atoms with Gasteiger partial charge < -0.3 is 15.9 Å². The van der Waals surface area contributed by atoms with Gasteiger partial charge in [-0.05, 0) is 18.2 Å². The molecule has 0 saturated heterocycles. The van der Waals surface area contributed by atoms with Gasteiger partial charge in [-0.2, -0.15) is 5.26 Å². The molecule has 76 valence electrons. The maximum atomic E-state index is 9.33. The summed E-state index contributed by atoms with van der Waals surface area (Å²) in [7, 11) is 0. The summed E-state index contributed by atoms with van der Waals surface area (Å²) in [6.45, 7) is -0.261. The lowest BCUT2D eigenvalue weighted by atomic mass is 10.0. The second-order valence-corrected chi connectivity index (χ2v) is 2.67. The minimum absolute atomic E-state index is 0. The SMILES string of the molecule is Cl.N#Cc1ccc(O)c([C@@H](N)CO)c1. The number of aliphatic hydroxyl groups is 1. The number of aromatic hydroxyl groups is 1. The van der Waals surface area contributed by atoms with E-state index in [4.69, 9.17) is 16.1 Å². The standard InChI is InChI=1S/C9H10N2O2.ClH/c10-4-6-1-2-9(13)7(3-6)8(11)5-12;/h1-3,8,12-13H,5,11H2;1H/t8-;/m0./s1. The van der Waals surface area contributed by atoms with Crippen LogP contribution in [0, 0.1) is 11.3 Å². The van der Waals surface area contributed by atoms with Crippen molar-refractivity contribution in [2.24, 2.45) is 5.73 Å². The quantitative estimate of drug-likeness (QED) is 0.675. The molecule has 0 bridgehead atoms. The Hall–Kier alpha value is -1.28. The van der Waals surface area contributed by atoms with Crippen molar-refractivity contribution < 1.29 is 10.2 Å². The number of hydrogen-bond donors (Lipinski definition) is 3. The molecule has 0 aliphatic heterocycles. The molecule has 1 rings (SSSR count). The van der Waals surface area contributed by atoms with Crippen molar-refractivity contribution in [3.8, 4) is 11.8 Å². The summed E-state index contributed by atoms with van der Waals surface area (Å²) in [4.78, 5) is 0. The first kappa shape index (κ1) is 12.7. The molecule has 0 aromatic heterocycles. The highest BCUT2D eigenvalue weighted by Crippen LogP contribution is 2.23. The van der Waals surface area contributed by atoms with Gasteiger partial charge in [-0.15, -0.1) is 12.4 Å². The highest BCUT2D eigenvalue weighted by molar-refractivity contribution is 5.85. The molecule has 1 atom stereocenters. The van der Waals surface area contributed by atoms with E-state index in [0.717, 1.165) is 0 Å². The summed E-state index contributed by atoms with van der Waals surface area (Å²) >= 11 is 0. The number of hydrogen-bond acceptors (Lipinski definition) is 4. The molecule has 1 aromatic rings. The molecule has 0 fully saturated rings. The van der Waals surface area contributed by atoms with Gasteiger partial charge in [-0.25, -0.2) is 0 Å². The summed E-state index contributed by atoms with van der Waals surface area (Å²) in [5.74, 6) is 0.000509. The third-order valence-corrected chi connectivity index (χ3v) is 1.75. The van der Waals surface area contributed by atoms with Crippen LogP contribution in [0.5, 0.6) is 5.75 Å².